The monoisotopic (exact) mass is 359 g/mol. The summed E-state index contributed by atoms with van der Waals surface area (Å²) < 4.78 is 11.0. The van der Waals surface area contributed by atoms with E-state index in [9.17, 15) is 4.79 Å². The standard InChI is InChI=1S/C17H14BrNO3/c1-21-17-8-14(15(20)9-18)6-7-16(17)22-11-13-4-2-12(10-19)3-5-13/h2-8H,9,11H2,1H3. The number of hydrogen-bond donors (Lipinski definition) is 0. The highest BCUT2D eigenvalue weighted by molar-refractivity contribution is 9.09. The quantitative estimate of drug-likeness (QED) is 0.582. The van der Waals surface area contributed by atoms with E-state index >= 15 is 0 Å². The van der Waals surface area contributed by atoms with Crippen molar-refractivity contribution in [2.45, 2.75) is 6.61 Å². The SMILES string of the molecule is COc1cc(C(=O)CBr)ccc1OCc1ccc(C#N)cc1. The normalized spacial score (nSPS) is 9.86. The van der Waals surface area contributed by atoms with E-state index < -0.39 is 0 Å². The Morgan fingerprint density at radius 1 is 1.18 bits per heavy atom. The lowest BCUT2D eigenvalue weighted by molar-refractivity contribution is 0.102. The second-order valence-corrected chi connectivity index (χ2v) is 5.08. The van der Waals surface area contributed by atoms with Crippen molar-refractivity contribution in [1.82, 2.24) is 0 Å². The first-order valence-electron chi connectivity index (χ1n) is 6.57. The molecule has 0 radical (unpaired) electrons. The number of ether oxygens (including phenoxy) is 2. The summed E-state index contributed by atoms with van der Waals surface area (Å²) >= 11 is 3.15. The smallest absolute Gasteiger partial charge is 0.173 e. The molecule has 0 saturated heterocycles. The number of Topliss-reactive ketones (excluding diaryl/α,β-unsaturated/α-hetero) is 1. The molecule has 112 valence electrons. The molecule has 2 aromatic carbocycles. The van der Waals surface area contributed by atoms with Crippen LogP contribution in [-0.4, -0.2) is 18.2 Å². The Bertz CT molecular complexity index is 705. The zero-order valence-corrected chi connectivity index (χ0v) is 13.6. The molecule has 0 spiro atoms. The molecule has 0 fully saturated rings. The third-order valence-electron chi connectivity index (χ3n) is 3.08. The Morgan fingerprint density at radius 3 is 2.50 bits per heavy atom. The molecule has 4 nitrogen and oxygen atoms in total. The van der Waals surface area contributed by atoms with Crippen molar-refractivity contribution in [2.24, 2.45) is 0 Å². The number of carbonyl (C=O) groups excluding carboxylic acids is 1. The minimum absolute atomic E-state index is 0.0167. The van der Waals surface area contributed by atoms with Gasteiger partial charge in [0, 0.05) is 5.56 Å². The first-order valence-corrected chi connectivity index (χ1v) is 7.69. The molecule has 0 aromatic heterocycles. The predicted molar refractivity (Wildman–Crippen MR) is 86.6 cm³/mol. The van der Waals surface area contributed by atoms with Crippen LogP contribution in [0.25, 0.3) is 0 Å². The van der Waals surface area contributed by atoms with Gasteiger partial charge in [-0.2, -0.15) is 5.26 Å². The number of benzene rings is 2. The summed E-state index contributed by atoms with van der Waals surface area (Å²) in [5.74, 6) is 1.07. The Morgan fingerprint density at radius 2 is 1.91 bits per heavy atom. The van der Waals surface area contributed by atoms with Gasteiger partial charge >= 0.3 is 0 Å². The molecule has 22 heavy (non-hydrogen) atoms. The topological polar surface area (TPSA) is 59.3 Å². The highest BCUT2D eigenvalue weighted by atomic mass is 79.9. The largest absolute Gasteiger partial charge is 0.493 e. The zero-order valence-electron chi connectivity index (χ0n) is 12.0. The van der Waals surface area contributed by atoms with Crippen molar-refractivity contribution in [2.75, 3.05) is 12.4 Å². The van der Waals surface area contributed by atoms with E-state index in [-0.39, 0.29) is 11.1 Å². The number of ketones is 1. The number of rotatable bonds is 6. The summed E-state index contributed by atoms with van der Waals surface area (Å²) in [4.78, 5) is 11.7. The highest BCUT2D eigenvalue weighted by Gasteiger charge is 2.10. The molecule has 0 aliphatic heterocycles. The molecule has 5 heteroatoms. The van der Waals surface area contributed by atoms with Crippen molar-refractivity contribution in [1.29, 1.82) is 5.26 Å². The van der Waals surface area contributed by atoms with Crippen LogP contribution in [0.3, 0.4) is 0 Å². The fraction of sp³-hybridized carbons (Fsp3) is 0.176. The second kappa shape index (κ2) is 7.62. The third-order valence-corrected chi connectivity index (χ3v) is 3.59. The van der Waals surface area contributed by atoms with Crippen LogP contribution in [0.4, 0.5) is 0 Å². The molecule has 0 amide bonds. The van der Waals surface area contributed by atoms with Gasteiger partial charge in [-0.05, 0) is 35.9 Å². The first-order chi connectivity index (χ1) is 10.7. The molecule has 0 saturated carbocycles. The minimum atomic E-state index is -0.0167. The fourth-order valence-corrected chi connectivity index (χ4v) is 2.20. The van der Waals surface area contributed by atoms with Gasteiger partial charge < -0.3 is 9.47 Å². The third kappa shape index (κ3) is 3.86. The average Bonchev–Trinajstić information content (AvgIpc) is 2.59. The predicted octanol–water partition coefficient (Wildman–Crippen LogP) is 3.72. The lowest BCUT2D eigenvalue weighted by atomic mass is 10.1. The first kappa shape index (κ1) is 16.1. The summed E-state index contributed by atoms with van der Waals surface area (Å²) in [6.45, 7) is 0.355. The minimum Gasteiger partial charge on any atom is -0.493 e. The Balaban J connectivity index is 2.11. The Labute approximate surface area is 137 Å². The van der Waals surface area contributed by atoms with Gasteiger partial charge in [-0.25, -0.2) is 0 Å². The van der Waals surface area contributed by atoms with Crippen LogP contribution < -0.4 is 9.47 Å². The van der Waals surface area contributed by atoms with Gasteiger partial charge in [0.1, 0.15) is 6.61 Å². The maximum atomic E-state index is 11.7. The molecular formula is C17H14BrNO3. The van der Waals surface area contributed by atoms with Crippen LogP contribution in [0, 0.1) is 11.3 Å². The molecule has 0 atom stereocenters. The summed E-state index contributed by atoms with van der Waals surface area (Å²) in [5, 5.41) is 9.03. The van der Waals surface area contributed by atoms with Crippen LogP contribution in [0.5, 0.6) is 11.5 Å². The molecular weight excluding hydrogens is 346 g/mol. The number of hydrogen-bond acceptors (Lipinski definition) is 4. The molecule has 2 aromatic rings. The van der Waals surface area contributed by atoms with E-state index in [4.69, 9.17) is 14.7 Å². The summed E-state index contributed by atoms with van der Waals surface area (Å²) in [6, 6.07) is 14.3. The highest BCUT2D eigenvalue weighted by Crippen LogP contribution is 2.29. The second-order valence-electron chi connectivity index (χ2n) is 4.52. The van der Waals surface area contributed by atoms with Gasteiger partial charge in [0.2, 0.25) is 0 Å². The molecule has 0 bridgehead atoms. The van der Waals surface area contributed by atoms with Crippen LogP contribution in [-0.2, 0) is 6.61 Å². The number of carbonyl (C=O) groups is 1. The number of halogens is 1. The number of nitrogens with zero attached hydrogens (tertiary/aromatic N) is 1. The van der Waals surface area contributed by atoms with Crippen LogP contribution in [0.1, 0.15) is 21.5 Å². The summed E-state index contributed by atoms with van der Waals surface area (Å²) in [7, 11) is 1.53. The average molecular weight is 360 g/mol. The molecule has 0 aliphatic rings. The van der Waals surface area contributed by atoms with Crippen LogP contribution in [0.2, 0.25) is 0 Å². The van der Waals surface area contributed by atoms with Gasteiger partial charge in [0.15, 0.2) is 17.3 Å². The number of methoxy groups -OCH3 is 1. The molecule has 0 N–H and O–H groups in total. The van der Waals surface area contributed by atoms with Crippen molar-refractivity contribution >= 4 is 21.7 Å². The number of alkyl halides is 1. The maximum Gasteiger partial charge on any atom is 0.173 e. The van der Waals surface area contributed by atoms with Crippen molar-refractivity contribution in [3.05, 3.63) is 59.2 Å². The Hall–Kier alpha value is -2.32. The van der Waals surface area contributed by atoms with Gasteiger partial charge in [-0.3, -0.25) is 4.79 Å². The van der Waals surface area contributed by atoms with Gasteiger partial charge in [-0.1, -0.05) is 28.1 Å². The van der Waals surface area contributed by atoms with E-state index in [0.717, 1.165) is 5.56 Å². The fourth-order valence-electron chi connectivity index (χ4n) is 1.87. The lowest BCUT2D eigenvalue weighted by Crippen LogP contribution is -2.02. The molecule has 0 unspecified atom stereocenters. The van der Waals surface area contributed by atoms with Crippen molar-refractivity contribution in [3.63, 3.8) is 0 Å². The van der Waals surface area contributed by atoms with Crippen molar-refractivity contribution in [3.8, 4) is 17.6 Å². The van der Waals surface area contributed by atoms with Gasteiger partial charge in [0.05, 0.1) is 24.1 Å². The van der Waals surface area contributed by atoms with Crippen LogP contribution in [0.15, 0.2) is 42.5 Å². The molecule has 2 rings (SSSR count). The van der Waals surface area contributed by atoms with Gasteiger partial charge in [-0.15, -0.1) is 0 Å². The van der Waals surface area contributed by atoms with E-state index in [1.807, 2.05) is 12.1 Å². The summed E-state index contributed by atoms with van der Waals surface area (Å²) in [6.07, 6.45) is 0. The zero-order chi connectivity index (χ0) is 15.9. The lowest BCUT2D eigenvalue weighted by Gasteiger charge is -2.12. The molecule has 0 heterocycles. The van der Waals surface area contributed by atoms with Gasteiger partial charge in [0.25, 0.3) is 0 Å². The van der Waals surface area contributed by atoms with E-state index in [2.05, 4.69) is 22.0 Å². The Kier molecular flexibility index (Phi) is 5.56. The van der Waals surface area contributed by atoms with E-state index in [1.165, 1.54) is 7.11 Å². The van der Waals surface area contributed by atoms with E-state index in [1.54, 1.807) is 30.3 Å². The summed E-state index contributed by atoms with van der Waals surface area (Å²) in [5.41, 5.74) is 2.13. The molecule has 0 aliphatic carbocycles. The van der Waals surface area contributed by atoms with Crippen molar-refractivity contribution < 1.29 is 14.3 Å². The number of nitriles is 1. The maximum absolute atomic E-state index is 11.7. The van der Waals surface area contributed by atoms with Crippen LogP contribution >= 0.6 is 15.9 Å². The van der Waals surface area contributed by atoms with E-state index in [0.29, 0.717) is 29.2 Å².